The molecule has 0 amide bonds. The minimum Gasteiger partial charge on any atom is -0.326 e. The summed E-state index contributed by atoms with van der Waals surface area (Å²) in [6, 6.07) is 16.7. The number of nitrogens with zero attached hydrogens (tertiary/aromatic N) is 1. The van der Waals surface area contributed by atoms with Gasteiger partial charge in [0.25, 0.3) is 0 Å². The molecule has 0 saturated heterocycles. The van der Waals surface area contributed by atoms with E-state index in [0.717, 1.165) is 22.3 Å². The molecule has 4 heteroatoms. The number of aromatic nitrogens is 2. The Labute approximate surface area is 120 Å². The van der Waals surface area contributed by atoms with E-state index in [1.807, 2.05) is 0 Å². The fourth-order valence-corrected chi connectivity index (χ4v) is 3.64. The van der Waals surface area contributed by atoms with Gasteiger partial charge in [-0.1, -0.05) is 42.5 Å². The molecule has 2 heterocycles. The van der Waals surface area contributed by atoms with Crippen LogP contribution in [0.1, 0.15) is 5.56 Å². The smallest absolute Gasteiger partial charge is 0.110 e. The van der Waals surface area contributed by atoms with Crippen molar-refractivity contribution in [1.29, 1.82) is 0 Å². The highest BCUT2D eigenvalue weighted by Gasteiger charge is 2.13. The first-order valence-electron chi connectivity index (χ1n) is 6.52. The summed E-state index contributed by atoms with van der Waals surface area (Å²) in [7, 11) is 0. The number of benzene rings is 2. The molecule has 3 nitrogen and oxygen atoms in total. The molecule has 2 aromatic heterocycles. The zero-order valence-corrected chi connectivity index (χ0v) is 11.6. The van der Waals surface area contributed by atoms with E-state index in [1.54, 1.807) is 11.3 Å². The number of aromatic amines is 1. The van der Waals surface area contributed by atoms with Crippen molar-refractivity contribution in [1.82, 2.24) is 10.2 Å². The summed E-state index contributed by atoms with van der Waals surface area (Å²) in [5, 5.41) is 8.90. The molecule has 4 aromatic rings. The Morgan fingerprint density at radius 1 is 1.05 bits per heavy atom. The third-order valence-electron chi connectivity index (χ3n) is 3.55. The second-order valence-electron chi connectivity index (χ2n) is 4.78. The molecule has 0 fully saturated rings. The Bertz CT molecular complexity index is 887. The number of hydrogen-bond donors (Lipinski definition) is 2. The molecule has 0 bridgehead atoms. The fourth-order valence-electron chi connectivity index (χ4n) is 2.48. The average Bonchev–Trinajstić information content (AvgIpc) is 3.06. The lowest BCUT2D eigenvalue weighted by Crippen LogP contribution is -1.95. The maximum atomic E-state index is 5.64. The second kappa shape index (κ2) is 4.44. The van der Waals surface area contributed by atoms with Crippen LogP contribution in [0, 0.1) is 0 Å². The summed E-state index contributed by atoms with van der Waals surface area (Å²) >= 11 is 1.78. The predicted octanol–water partition coefficient (Wildman–Crippen LogP) is 3.90. The van der Waals surface area contributed by atoms with Gasteiger partial charge in [0.2, 0.25) is 0 Å². The molecule has 0 aliphatic rings. The molecule has 3 N–H and O–H groups in total. The normalized spacial score (nSPS) is 11.4. The highest BCUT2D eigenvalue weighted by Crippen LogP contribution is 2.37. The monoisotopic (exact) mass is 279 g/mol. The van der Waals surface area contributed by atoms with Gasteiger partial charge < -0.3 is 5.73 Å². The van der Waals surface area contributed by atoms with Crippen molar-refractivity contribution in [3.05, 3.63) is 54.1 Å². The van der Waals surface area contributed by atoms with Crippen LogP contribution < -0.4 is 5.73 Å². The molecule has 0 atom stereocenters. The van der Waals surface area contributed by atoms with E-state index in [9.17, 15) is 0 Å². The first-order valence-corrected chi connectivity index (χ1v) is 7.33. The van der Waals surface area contributed by atoms with Crippen LogP contribution in [0.5, 0.6) is 0 Å². The molecule has 98 valence electrons. The van der Waals surface area contributed by atoms with E-state index in [2.05, 4.69) is 58.7 Å². The molecule has 0 aliphatic heterocycles. The van der Waals surface area contributed by atoms with Gasteiger partial charge in [-0.2, -0.15) is 5.10 Å². The Hall–Kier alpha value is -2.17. The van der Waals surface area contributed by atoms with Crippen molar-refractivity contribution < 1.29 is 0 Å². The van der Waals surface area contributed by atoms with E-state index >= 15 is 0 Å². The van der Waals surface area contributed by atoms with E-state index in [0.29, 0.717) is 6.54 Å². The standard InChI is InChI=1S/C16H13N3S/c17-9-10-5-7-11(8-6-10)14-16-15(19-18-14)12-3-1-2-4-13(12)20-16/h1-8H,9,17H2,(H,18,19). The van der Waals surface area contributed by atoms with Gasteiger partial charge in [-0.3, -0.25) is 5.10 Å². The summed E-state index contributed by atoms with van der Waals surface area (Å²) in [6.45, 7) is 0.569. The van der Waals surface area contributed by atoms with Crippen molar-refractivity contribution in [2.45, 2.75) is 6.54 Å². The summed E-state index contributed by atoms with van der Waals surface area (Å²) in [4.78, 5) is 0. The van der Waals surface area contributed by atoms with Crippen molar-refractivity contribution in [3.63, 3.8) is 0 Å². The van der Waals surface area contributed by atoms with Gasteiger partial charge in [0.05, 0.1) is 10.2 Å². The van der Waals surface area contributed by atoms with Gasteiger partial charge in [-0.15, -0.1) is 11.3 Å². The Kier molecular flexibility index (Phi) is 2.58. The van der Waals surface area contributed by atoms with Crippen LogP contribution in [-0.4, -0.2) is 10.2 Å². The van der Waals surface area contributed by atoms with Crippen LogP contribution in [0.4, 0.5) is 0 Å². The predicted molar refractivity (Wildman–Crippen MR) is 84.8 cm³/mol. The molecule has 0 aliphatic carbocycles. The summed E-state index contributed by atoms with van der Waals surface area (Å²) in [5.41, 5.74) is 10.0. The maximum Gasteiger partial charge on any atom is 0.110 e. The largest absolute Gasteiger partial charge is 0.326 e. The molecule has 4 rings (SSSR count). The third kappa shape index (κ3) is 1.66. The van der Waals surface area contributed by atoms with E-state index in [-0.39, 0.29) is 0 Å². The average molecular weight is 279 g/mol. The maximum absolute atomic E-state index is 5.64. The Morgan fingerprint density at radius 2 is 1.85 bits per heavy atom. The van der Waals surface area contributed by atoms with Gasteiger partial charge >= 0.3 is 0 Å². The first-order chi connectivity index (χ1) is 9.86. The number of thiophene rings is 1. The van der Waals surface area contributed by atoms with Crippen LogP contribution in [0.2, 0.25) is 0 Å². The van der Waals surface area contributed by atoms with Gasteiger partial charge in [0.1, 0.15) is 5.69 Å². The number of fused-ring (bicyclic) bond motifs is 3. The topological polar surface area (TPSA) is 54.7 Å². The van der Waals surface area contributed by atoms with Gasteiger partial charge in [-0.05, 0) is 11.6 Å². The van der Waals surface area contributed by atoms with Crippen LogP contribution >= 0.6 is 11.3 Å². The highest BCUT2D eigenvalue weighted by atomic mass is 32.1. The van der Waals surface area contributed by atoms with Crippen LogP contribution in [0.25, 0.3) is 31.6 Å². The molecule has 0 spiro atoms. The molecular weight excluding hydrogens is 266 g/mol. The molecular formula is C16H13N3S. The number of hydrogen-bond acceptors (Lipinski definition) is 3. The lowest BCUT2D eigenvalue weighted by Gasteiger charge is -1.99. The van der Waals surface area contributed by atoms with E-state index in [4.69, 9.17) is 5.73 Å². The fraction of sp³-hybridized carbons (Fsp3) is 0.0625. The van der Waals surface area contributed by atoms with Crippen LogP contribution in [0.15, 0.2) is 48.5 Å². The number of nitrogens with two attached hydrogens (primary N) is 1. The molecule has 2 aromatic carbocycles. The Morgan fingerprint density at radius 3 is 2.65 bits per heavy atom. The van der Waals surface area contributed by atoms with Crippen LogP contribution in [0.3, 0.4) is 0 Å². The summed E-state index contributed by atoms with van der Waals surface area (Å²) < 4.78 is 2.50. The second-order valence-corrected chi connectivity index (χ2v) is 5.83. The molecule has 0 unspecified atom stereocenters. The van der Waals surface area contributed by atoms with Crippen molar-refractivity contribution in [2.24, 2.45) is 5.73 Å². The third-order valence-corrected chi connectivity index (χ3v) is 4.73. The highest BCUT2D eigenvalue weighted by molar-refractivity contribution is 7.26. The number of rotatable bonds is 2. The first kappa shape index (κ1) is 11.6. The van der Waals surface area contributed by atoms with E-state index in [1.165, 1.54) is 14.8 Å². The van der Waals surface area contributed by atoms with Gasteiger partial charge in [0, 0.05) is 22.2 Å². The Balaban J connectivity index is 1.94. The van der Waals surface area contributed by atoms with Crippen LogP contribution in [-0.2, 0) is 6.54 Å². The zero-order valence-electron chi connectivity index (χ0n) is 10.8. The lowest BCUT2D eigenvalue weighted by atomic mass is 10.1. The summed E-state index contributed by atoms with van der Waals surface area (Å²) in [6.07, 6.45) is 0. The zero-order chi connectivity index (χ0) is 13.5. The number of nitrogens with one attached hydrogen (secondary N) is 1. The van der Waals surface area contributed by atoms with Crippen molar-refractivity contribution in [3.8, 4) is 11.3 Å². The quantitative estimate of drug-likeness (QED) is 0.584. The minimum atomic E-state index is 0.569. The molecule has 0 radical (unpaired) electrons. The van der Waals surface area contributed by atoms with Gasteiger partial charge in [-0.25, -0.2) is 0 Å². The number of H-pyrrole nitrogens is 1. The lowest BCUT2D eigenvalue weighted by molar-refractivity contribution is 1.07. The summed E-state index contributed by atoms with van der Waals surface area (Å²) in [5.74, 6) is 0. The SMILES string of the molecule is NCc1ccc(-c2n[nH]c3c2sc2ccccc23)cc1. The molecule has 20 heavy (non-hydrogen) atoms. The van der Waals surface area contributed by atoms with E-state index < -0.39 is 0 Å². The van der Waals surface area contributed by atoms with Crippen molar-refractivity contribution >= 4 is 31.6 Å². The van der Waals surface area contributed by atoms with Gasteiger partial charge in [0.15, 0.2) is 0 Å². The van der Waals surface area contributed by atoms with Crippen molar-refractivity contribution in [2.75, 3.05) is 0 Å². The minimum absolute atomic E-state index is 0.569. The molecule has 0 saturated carbocycles.